The molecule has 1 aromatic carbocycles. The molecule has 1 aliphatic rings. The molecule has 0 spiro atoms. The smallest absolute Gasteiger partial charge is 0.355 e. The topological polar surface area (TPSA) is 80.7 Å². The number of hydrogen-bond acceptors (Lipinski definition) is 6. The highest BCUT2D eigenvalue weighted by atomic mass is 32.1. The summed E-state index contributed by atoms with van der Waals surface area (Å²) < 4.78 is 10.5. The van der Waals surface area contributed by atoms with E-state index in [0.29, 0.717) is 21.5 Å². The lowest BCUT2D eigenvalue weighted by Gasteiger charge is -2.03. The maximum atomic E-state index is 10.9. The number of nitrogens with zero attached hydrogens (tertiary/aromatic N) is 1. The van der Waals surface area contributed by atoms with Crippen molar-refractivity contribution in [2.45, 2.75) is 6.92 Å². The Labute approximate surface area is 112 Å². The predicted molar refractivity (Wildman–Crippen MR) is 69.7 cm³/mol. The Hall–Kier alpha value is -2.28. The van der Waals surface area contributed by atoms with Crippen molar-refractivity contribution in [2.24, 2.45) is 0 Å². The first-order chi connectivity index (χ1) is 9.13. The SMILES string of the molecule is Cc1sc(Nc2ccc3c(c2)OCO3)nc1C(=O)O. The molecule has 0 radical (unpaired) electrons. The van der Waals surface area contributed by atoms with Gasteiger partial charge in [0.1, 0.15) is 0 Å². The quantitative estimate of drug-likeness (QED) is 0.898. The van der Waals surface area contributed by atoms with E-state index in [1.165, 1.54) is 11.3 Å². The van der Waals surface area contributed by atoms with E-state index in [0.717, 1.165) is 5.69 Å². The van der Waals surface area contributed by atoms with E-state index in [1.54, 1.807) is 19.1 Å². The Bertz CT molecular complexity index is 653. The van der Waals surface area contributed by atoms with Crippen molar-refractivity contribution in [1.82, 2.24) is 4.98 Å². The molecule has 0 atom stereocenters. The monoisotopic (exact) mass is 278 g/mol. The number of fused-ring (bicyclic) bond motifs is 1. The van der Waals surface area contributed by atoms with Gasteiger partial charge in [-0.15, -0.1) is 11.3 Å². The molecule has 6 nitrogen and oxygen atoms in total. The summed E-state index contributed by atoms with van der Waals surface area (Å²) in [6.07, 6.45) is 0. The summed E-state index contributed by atoms with van der Waals surface area (Å²) in [6.45, 7) is 1.95. The molecule has 1 aromatic heterocycles. The Morgan fingerprint density at radius 3 is 2.95 bits per heavy atom. The van der Waals surface area contributed by atoms with Crippen molar-refractivity contribution in [2.75, 3.05) is 12.1 Å². The lowest BCUT2D eigenvalue weighted by Crippen LogP contribution is -1.99. The lowest BCUT2D eigenvalue weighted by atomic mass is 10.3. The Balaban J connectivity index is 1.85. The van der Waals surface area contributed by atoms with E-state index in [-0.39, 0.29) is 12.5 Å². The Morgan fingerprint density at radius 2 is 2.21 bits per heavy atom. The van der Waals surface area contributed by atoms with Crippen LogP contribution in [0.25, 0.3) is 0 Å². The number of aromatic nitrogens is 1. The molecule has 0 unspecified atom stereocenters. The van der Waals surface area contributed by atoms with Crippen LogP contribution in [0.15, 0.2) is 18.2 Å². The predicted octanol–water partition coefficient (Wildman–Crippen LogP) is 2.62. The van der Waals surface area contributed by atoms with E-state index in [4.69, 9.17) is 14.6 Å². The van der Waals surface area contributed by atoms with E-state index < -0.39 is 5.97 Å². The Kier molecular flexibility index (Phi) is 2.75. The molecule has 0 saturated carbocycles. The van der Waals surface area contributed by atoms with Gasteiger partial charge in [-0.05, 0) is 19.1 Å². The number of hydrogen-bond donors (Lipinski definition) is 2. The van der Waals surface area contributed by atoms with Gasteiger partial charge in [-0.25, -0.2) is 9.78 Å². The summed E-state index contributed by atoms with van der Waals surface area (Å²) in [4.78, 5) is 15.6. The number of nitrogens with one attached hydrogen (secondary N) is 1. The van der Waals surface area contributed by atoms with Gasteiger partial charge >= 0.3 is 5.97 Å². The average Bonchev–Trinajstić information content (AvgIpc) is 2.95. The highest BCUT2D eigenvalue weighted by molar-refractivity contribution is 7.15. The molecule has 19 heavy (non-hydrogen) atoms. The number of benzene rings is 1. The second kappa shape index (κ2) is 4.43. The van der Waals surface area contributed by atoms with Crippen molar-refractivity contribution >= 4 is 28.1 Å². The number of ether oxygens (including phenoxy) is 2. The number of carbonyl (C=O) groups is 1. The molecule has 0 aliphatic carbocycles. The van der Waals surface area contributed by atoms with Gasteiger partial charge in [0.15, 0.2) is 22.3 Å². The number of carboxylic acids is 1. The summed E-state index contributed by atoms with van der Waals surface area (Å²) in [6, 6.07) is 5.41. The third-order valence-electron chi connectivity index (χ3n) is 2.62. The van der Waals surface area contributed by atoms with Gasteiger partial charge in [-0.1, -0.05) is 0 Å². The lowest BCUT2D eigenvalue weighted by molar-refractivity contribution is 0.0690. The molecule has 0 saturated heterocycles. The van der Waals surface area contributed by atoms with Gasteiger partial charge in [0.2, 0.25) is 6.79 Å². The van der Waals surface area contributed by atoms with Crippen molar-refractivity contribution in [1.29, 1.82) is 0 Å². The van der Waals surface area contributed by atoms with Crippen LogP contribution < -0.4 is 14.8 Å². The van der Waals surface area contributed by atoms with Crippen LogP contribution in [0.3, 0.4) is 0 Å². The van der Waals surface area contributed by atoms with Crippen molar-refractivity contribution < 1.29 is 19.4 Å². The third kappa shape index (κ3) is 2.19. The van der Waals surface area contributed by atoms with Crippen LogP contribution >= 0.6 is 11.3 Å². The number of aryl methyl sites for hydroxylation is 1. The number of carboxylic acid groups (broad SMARTS) is 1. The molecule has 0 fully saturated rings. The van der Waals surface area contributed by atoms with Crippen LogP contribution in [0.5, 0.6) is 11.5 Å². The normalized spacial score (nSPS) is 12.5. The van der Waals surface area contributed by atoms with Crippen molar-refractivity contribution in [3.05, 3.63) is 28.8 Å². The molecule has 2 N–H and O–H groups in total. The number of rotatable bonds is 3. The highest BCUT2D eigenvalue weighted by Crippen LogP contribution is 2.35. The van der Waals surface area contributed by atoms with Crippen LogP contribution in [0.1, 0.15) is 15.4 Å². The summed E-state index contributed by atoms with van der Waals surface area (Å²) in [5, 5.41) is 12.5. The van der Waals surface area contributed by atoms with E-state index in [2.05, 4.69) is 10.3 Å². The van der Waals surface area contributed by atoms with E-state index >= 15 is 0 Å². The minimum Gasteiger partial charge on any atom is -0.476 e. The molecular weight excluding hydrogens is 268 g/mol. The van der Waals surface area contributed by atoms with Gasteiger partial charge in [0.25, 0.3) is 0 Å². The van der Waals surface area contributed by atoms with Gasteiger partial charge in [0.05, 0.1) is 0 Å². The summed E-state index contributed by atoms with van der Waals surface area (Å²) in [7, 11) is 0. The molecule has 7 heteroatoms. The summed E-state index contributed by atoms with van der Waals surface area (Å²) >= 11 is 1.30. The molecule has 1 aliphatic heterocycles. The molecular formula is C12H10N2O4S. The summed E-state index contributed by atoms with van der Waals surface area (Å²) in [5.41, 5.74) is 0.850. The van der Waals surface area contributed by atoms with E-state index in [1.807, 2.05) is 6.07 Å². The third-order valence-corrected chi connectivity index (χ3v) is 3.51. The van der Waals surface area contributed by atoms with Crippen LogP contribution in [-0.2, 0) is 0 Å². The zero-order valence-corrected chi connectivity index (χ0v) is 10.8. The fraction of sp³-hybridized carbons (Fsp3) is 0.167. The molecule has 98 valence electrons. The largest absolute Gasteiger partial charge is 0.476 e. The van der Waals surface area contributed by atoms with Gasteiger partial charge < -0.3 is 19.9 Å². The van der Waals surface area contributed by atoms with Gasteiger partial charge in [-0.2, -0.15) is 0 Å². The van der Waals surface area contributed by atoms with E-state index in [9.17, 15) is 4.79 Å². The fourth-order valence-electron chi connectivity index (χ4n) is 1.75. The zero-order valence-electron chi connectivity index (χ0n) is 9.97. The van der Waals surface area contributed by atoms with Crippen LogP contribution in [0, 0.1) is 6.92 Å². The van der Waals surface area contributed by atoms with Crippen LogP contribution in [-0.4, -0.2) is 22.9 Å². The fourth-order valence-corrected chi connectivity index (χ4v) is 2.57. The van der Waals surface area contributed by atoms with Crippen molar-refractivity contribution in [3.63, 3.8) is 0 Å². The minimum absolute atomic E-state index is 0.0771. The first-order valence-electron chi connectivity index (χ1n) is 5.51. The maximum Gasteiger partial charge on any atom is 0.355 e. The maximum absolute atomic E-state index is 10.9. The van der Waals surface area contributed by atoms with Gasteiger partial charge in [-0.3, -0.25) is 0 Å². The number of thiazole rings is 1. The standard InChI is InChI=1S/C12H10N2O4S/c1-6-10(11(15)16)14-12(19-6)13-7-2-3-8-9(4-7)18-5-17-8/h2-4H,5H2,1H3,(H,13,14)(H,15,16). The zero-order chi connectivity index (χ0) is 13.4. The number of aromatic carboxylic acids is 1. The minimum atomic E-state index is -1.02. The second-order valence-electron chi connectivity index (χ2n) is 3.92. The van der Waals surface area contributed by atoms with Gasteiger partial charge in [0, 0.05) is 16.6 Å². The first kappa shape index (κ1) is 11.8. The molecule has 3 rings (SSSR count). The molecule has 0 bridgehead atoms. The molecule has 2 heterocycles. The van der Waals surface area contributed by atoms with Crippen molar-refractivity contribution in [3.8, 4) is 11.5 Å². The Morgan fingerprint density at radius 1 is 1.42 bits per heavy atom. The number of anilines is 2. The highest BCUT2D eigenvalue weighted by Gasteiger charge is 2.16. The van der Waals surface area contributed by atoms with Crippen LogP contribution in [0.2, 0.25) is 0 Å². The molecule has 2 aromatic rings. The molecule has 0 amide bonds. The summed E-state index contributed by atoms with van der Waals surface area (Å²) in [5.74, 6) is 0.344. The average molecular weight is 278 g/mol. The first-order valence-corrected chi connectivity index (χ1v) is 6.32. The second-order valence-corrected chi connectivity index (χ2v) is 5.13. The van der Waals surface area contributed by atoms with Crippen LogP contribution in [0.4, 0.5) is 10.8 Å².